The van der Waals surface area contributed by atoms with E-state index in [9.17, 15) is 13.6 Å². The van der Waals surface area contributed by atoms with E-state index in [-0.39, 0.29) is 34.5 Å². The van der Waals surface area contributed by atoms with Gasteiger partial charge in [0.2, 0.25) is 0 Å². The molecule has 9 heteroatoms. The Kier molecular flexibility index (Phi) is 4.49. The number of hydrogen-bond acceptors (Lipinski definition) is 5. The molecular weight excluding hydrogens is 348 g/mol. The summed E-state index contributed by atoms with van der Waals surface area (Å²) < 4.78 is 29.8. The fourth-order valence-electron chi connectivity index (χ4n) is 2.37. The SMILES string of the molecule is CC(C)n1nc(-c2c(F)cccc2F)c(NC(=O)c2cscn2)c1N. The van der Waals surface area contributed by atoms with Gasteiger partial charge in [-0.1, -0.05) is 6.07 Å². The molecule has 6 nitrogen and oxygen atoms in total. The number of nitrogens with zero attached hydrogens (tertiary/aromatic N) is 3. The third-order valence-corrected chi connectivity index (χ3v) is 4.13. The van der Waals surface area contributed by atoms with Gasteiger partial charge in [-0.2, -0.15) is 5.10 Å². The first-order valence-corrected chi connectivity index (χ1v) is 8.36. The number of nitrogens with two attached hydrogens (primary N) is 1. The van der Waals surface area contributed by atoms with E-state index in [1.54, 1.807) is 5.38 Å². The van der Waals surface area contributed by atoms with Gasteiger partial charge in [-0.15, -0.1) is 11.3 Å². The maximum absolute atomic E-state index is 14.2. The average Bonchev–Trinajstić information content (AvgIpc) is 3.18. The van der Waals surface area contributed by atoms with Crippen molar-refractivity contribution in [2.24, 2.45) is 0 Å². The number of thiazole rings is 1. The fourth-order valence-corrected chi connectivity index (χ4v) is 2.90. The van der Waals surface area contributed by atoms with Crippen molar-refractivity contribution in [3.8, 4) is 11.3 Å². The summed E-state index contributed by atoms with van der Waals surface area (Å²) in [4.78, 5) is 16.2. The lowest BCUT2D eigenvalue weighted by Crippen LogP contribution is -2.14. The third-order valence-electron chi connectivity index (χ3n) is 3.54. The number of hydrogen-bond donors (Lipinski definition) is 2. The van der Waals surface area contributed by atoms with E-state index in [1.807, 2.05) is 13.8 Å². The number of amides is 1. The van der Waals surface area contributed by atoms with Crippen LogP contribution in [0.25, 0.3) is 11.3 Å². The molecule has 3 aromatic rings. The Balaban J connectivity index is 2.15. The number of anilines is 2. The molecule has 0 spiro atoms. The summed E-state index contributed by atoms with van der Waals surface area (Å²) in [6, 6.07) is 3.33. The summed E-state index contributed by atoms with van der Waals surface area (Å²) in [6.07, 6.45) is 0. The number of nitrogen functional groups attached to an aromatic ring is 1. The Morgan fingerprint density at radius 2 is 2.00 bits per heavy atom. The molecule has 0 bridgehead atoms. The topological polar surface area (TPSA) is 85.8 Å². The molecule has 0 aliphatic rings. The Morgan fingerprint density at radius 3 is 2.56 bits per heavy atom. The van der Waals surface area contributed by atoms with Crippen molar-refractivity contribution in [2.75, 3.05) is 11.1 Å². The molecule has 1 aromatic carbocycles. The van der Waals surface area contributed by atoms with Crippen LogP contribution in [0.15, 0.2) is 29.1 Å². The highest BCUT2D eigenvalue weighted by atomic mass is 32.1. The maximum atomic E-state index is 14.2. The zero-order chi connectivity index (χ0) is 18.1. The van der Waals surface area contributed by atoms with Gasteiger partial charge in [0.15, 0.2) is 0 Å². The van der Waals surface area contributed by atoms with Gasteiger partial charge in [-0.25, -0.2) is 18.4 Å². The van der Waals surface area contributed by atoms with Gasteiger partial charge in [0.25, 0.3) is 5.91 Å². The van der Waals surface area contributed by atoms with Crippen LogP contribution in [-0.4, -0.2) is 20.7 Å². The summed E-state index contributed by atoms with van der Waals surface area (Å²) in [6.45, 7) is 3.63. The molecule has 0 fully saturated rings. The number of rotatable bonds is 4. The second-order valence-electron chi connectivity index (χ2n) is 5.57. The largest absolute Gasteiger partial charge is 0.382 e. The van der Waals surface area contributed by atoms with Crippen LogP contribution in [-0.2, 0) is 0 Å². The van der Waals surface area contributed by atoms with E-state index in [0.717, 1.165) is 12.1 Å². The smallest absolute Gasteiger partial charge is 0.275 e. The normalized spacial score (nSPS) is 11.1. The zero-order valence-corrected chi connectivity index (χ0v) is 14.3. The lowest BCUT2D eigenvalue weighted by atomic mass is 10.1. The van der Waals surface area contributed by atoms with Crippen LogP contribution in [0, 0.1) is 11.6 Å². The molecule has 2 heterocycles. The first-order valence-electron chi connectivity index (χ1n) is 7.42. The predicted molar refractivity (Wildman–Crippen MR) is 92.4 cm³/mol. The predicted octanol–water partition coefficient (Wildman–Crippen LogP) is 3.70. The molecule has 2 aromatic heterocycles. The molecule has 0 radical (unpaired) electrons. The summed E-state index contributed by atoms with van der Waals surface area (Å²) >= 11 is 1.25. The summed E-state index contributed by atoms with van der Waals surface area (Å²) in [5, 5.41) is 8.34. The van der Waals surface area contributed by atoms with Crippen LogP contribution in [0.4, 0.5) is 20.3 Å². The van der Waals surface area contributed by atoms with E-state index < -0.39 is 17.5 Å². The fraction of sp³-hybridized carbons (Fsp3) is 0.188. The Bertz CT molecular complexity index is 901. The van der Waals surface area contributed by atoms with E-state index in [1.165, 1.54) is 27.6 Å². The zero-order valence-electron chi connectivity index (χ0n) is 13.5. The summed E-state index contributed by atoms with van der Waals surface area (Å²) in [5.74, 6) is -2.01. The quantitative estimate of drug-likeness (QED) is 0.740. The van der Waals surface area contributed by atoms with Crippen molar-refractivity contribution >= 4 is 28.7 Å². The minimum absolute atomic E-state index is 0.0516. The third kappa shape index (κ3) is 3.10. The molecule has 0 unspecified atom stereocenters. The number of aromatic nitrogens is 3. The van der Waals surface area contributed by atoms with Crippen LogP contribution in [0.1, 0.15) is 30.4 Å². The van der Waals surface area contributed by atoms with Gasteiger partial charge in [0.05, 0.1) is 11.1 Å². The number of halogens is 2. The maximum Gasteiger partial charge on any atom is 0.275 e. The minimum atomic E-state index is -0.794. The monoisotopic (exact) mass is 363 g/mol. The first-order chi connectivity index (χ1) is 11.9. The van der Waals surface area contributed by atoms with Gasteiger partial charge in [0.1, 0.15) is 34.5 Å². The molecule has 1 amide bonds. The molecule has 3 N–H and O–H groups in total. The number of carbonyl (C=O) groups is 1. The molecule has 0 aliphatic carbocycles. The lowest BCUT2D eigenvalue weighted by molar-refractivity contribution is 0.102. The lowest BCUT2D eigenvalue weighted by Gasteiger charge is -2.08. The van der Waals surface area contributed by atoms with Crippen molar-refractivity contribution in [1.29, 1.82) is 0 Å². The van der Waals surface area contributed by atoms with E-state index in [4.69, 9.17) is 5.73 Å². The second kappa shape index (κ2) is 6.60. The summed E-state index contributed by atoms with van der Waals surface area (Å²) in [5.41, 5.74) is 7.40. The standard InChI is InChI=1S/C16H15F2N5OS/c1-8(2)23-15(19)14(21-16(24)11-6-25-7-20-11)13(22-23)12-9(17)4-3-5-10(12)18/h3-8H,19H2,1-2H3,(H,21,24). The van der Waals surface area contributed by atoms with E-state index in [0.29, 0.717) is 0 Å². The van der Waals surface area contributed by atoms with Crippen LogP contribution in [0.2, 0.25) is 0 Å². The molecule has 3 rings (SSSR count). The number of carbonyl (C=O) groups excluding carboxylic acids is 1. The van der Waals surface area contributed by atoms with Gasteiger partial charge in [-0.3, -0.25) is 4.79 Å². The van der Waals surface area contributed by atoms with Crippen LogP contribution < -0.4 is 11.1 Å². The Labute approximate surface area is 146 Å². The van der Waals surface area contributed by atoms with Crippen LogP contribution in [0.3, 0.4) is 0 Å². The Morgan fingerprint density at radius 1 is 1.32 bits per heavy atom. The number of nitrogens with one attached hydrogen (secondary N) is 1. The molecule has 0 saturated carbocycles. The molecule has 130 valence electrons. The highest BCUT2D eigenvalue weighted by molar-refractivity contribution is 7.07. The molecule has 0 atom stereocenters. The minimum Gasteiger partial charge on any atom is -0.382 e. The summed E-state index contributed by atoms with van der Waals surface area (Å²) in [7, 11) is 0. The van der Waals surface area contributed by atoms with E-state index in [2.05, 4.69) is 15.4 Å². The van der Waals surface area contributed by atoms with Crippen molar-refractivity contribution in [3.63, 3.8) is 0 Å². The van der Waals surface area contributed by atoms with Gasteiger partial charge >= 0.3 is 0 Å². The van der Waals surface area contributed by atoms with E-state index >= 15 is 0 Å². The number of benzene rings is 1. The van der Waals surface area contributed by atoms with Crippen molar-refractivity contribution in [1.82, 2.24) is 14.8 Å². The highest BCUT2D eigenvalue weighted by Gasteiger charge is 2.25. The van der Waals surface area contributed by atoms with Crippen molar-refractivity contribution in [3.05, 3.63) is 46.4 Å². The van der Waals surface area contributed by atoms with Crippen molar-refractivity contribution < 1.29 is 13.6 Å². The average molecular weight is 363 g/mol. The van der Waals surface area contributed by atoms with Crippen molar-refractivity contribution in [2.45, 2.75) is 19.9 Å². The molecule has 0 saturated heterocycles. The first kappa shape index (κ1) is 17.0. The van der Waals surface area contributed by atoms with Crippen LogP contribution in [0.5, 0.6) is 0 Å². The van der Waals surface area contributed by atoms with Gasteiger partial charge < -0.3 is 11.1 Å². The van der Waals surface area contributed by atoms with Gasteiger partial charge in [0, 0.05) is 11.4 Å². The highest BCUT2D eigenvalue weighted by Crippen LogP contribution is 2.36. The Hall–Kier alpha value is -2.81. The molecule has 25 heavy (non-hydrogen) atoms. The molecule has 0 aliphatic heterocycles. The second-order valence-corrected chi connectivity index (χ2v) is 6.29. The van der Waals surface area contributed by atoms with Crippen LogP contribution >= 0.6 is 11.3 Å². The van der Waals surface area contributed by atoms with Gasteiger partial charge in [-0.05, 0) is 26.0 Å². The molecular formula is C16H15F2N5OS.